The van der Waals surface area contributed by atoms with Crippen molar-refractivity contribution in [2.24, 2.45) is 0 Å². The second kappa shape index (κ2) is 7.87. The Hall–Kier alpha value is -3.26. The van der Waals surface area contributed by atoms with Crippen LogP contribution in [0.1, 0.15) is 44.7 Å². The average Bonchev–Trinajstić information content (AvgIpc) is 3.05. The monoisotopic (exact) mass is 429 g/mol. The fraction of sp³-hybridized carbons (Fsp3) is 0.238. The molecule has 0 aliphatic carbocycles. The van der Waals surface area contributed by atoms with E-state index in [9.17, 15) is 23.6 Å². The molecule has 1 unspecified atom stereocenters. The normalized spacial score (nSPS) is 18.3. The van der Waals surface area contributed by atoms with Crippen LogP contribution in [-0.4, -0.2) is 34.6 Å². The first-order chi connectivity index (χ1) is 14.3. The Morgan fingerprint density at radius 3 is 2.60 bits per heavy atom. The van der Waals surface area contributed by atoms with Gasteiger partial charge in [0, 0.05) is 30.6 Å². The highest BCUT2D eigenvalue weighted by atomic mass is 35.5. The Kier molecular flexibility index (Phi) is 5.26. The van der Waals surface area contributed by atoms with Crippen LogP contribution in [0.15, 0.2) is 36.4 Å². The maximum Gasteiger partial charge on any atom is 0.255 e. The maximum atomic E-state index is 13.0. The van der Waals surface area contributed by atoms with E-state index in [4.69, 9.17) is 11.6 Å². The smallest absolute Gasteiger partial charge is 0.255 e. The summed E-state index contributed by atoms with van der Waals surface area (Å²) < 4.78 is 13.0. The van der Waals surface area contributed by atoms with Gasteiger partial charge in [0.05, 0.1) is 10.6 Å². The Morgan fingerprint density at radius 1 is 1.17 bits per heavy atom. The van der Waals surface area contributed by atoms with Crippen LogP contribution < -0.4 is 10.6 Å². The van der Waals surface area contributed by atoms with Crippen LogP contribution in [0.4, 0.5) is 4.39 Å². The number of nitrogens with one attached hydrogen (secondary N) is 2. The number of hydrogen-bond acceptors (Lipinski definition) is 4. The fourth-order valence-corrected chi connectivity index (χ4v) is 3.97. The molecule has 1 fully saturated rings. The summed E-state index contributed by atoms with van der Waals surface area (Å²) in [5, 5.41) is 5.11. The summed E-state index contributed by atoms with van der Waals surface area (Å²) in [4.78, 5) is 50.2. The minimum Gasteiger partial charge on any atom is -0.348 e. The summed E-state index contributed by atoms with van der Waals surface area (Å²) >= 11 is 6.44. The molecule has 4 amide bonds. The van der Waals surface area contributed by atoms with Gasteiger partial charge >= 0.3 is 0 Å². The largest absolute Gasteiger partial charge is 0.348 e. The summed E-state index contributed by atoms with van der Waals surface area (Å²) in [5.41, 5.74) is 1.73. The lowest BCUT2D eigenvalue weighted by Crippen LogP contribution is -2.52. The third-order valence-electron chi connectivity index (χ3n) is 5.26. The van der Waals surface area contributed by atoms with Crippen LogP contribution in [0.3, 0.4) is 0 Å². The van der Waals surface area contributed by atoms with E-state index >= 15 is 0 Å². The molecular weight excluding hydrogens is 413 g/mol. The molecule has 9 heteroatoms. The number of nitrogens with zero attached hydrogens (tertiary/aromatic N) is 1. The molecule has 2 aromatic carbocycles. The number of benzene rings is 2. The lowest BCUT2D eigenvalue weighted by Gasteiger charge is -2.29. The zero-order chi connectivity index (χ0) is 21.4. The number of amides is 4. The molecule has 30 heavy (non-hydrogen) atoms. The second-order valence-corrected chi connectivity index (χ2v) is 7.54. The molecule has 4 rings (SSSR count). The molecule has 2 N–H and O–H groups in total. The van der Waals surface area contributed by atoms with E-state index in [0.29, 0.717) is 11.1 Å². The third kappa shape index (κ3) is 3.66. The van der Waals surface area contributed by atoms with E-state index in [0.717, 1.165) is 5.56 Å². The van der Waals surface area contributed by atoms with Gasteiger partial charge < -0.3 is 10.2 Å². The van der Waals surface area contributed by atoms with E-state index in [2.05, 4.69) is 10.6 Å². The van der Waals surface area contributed by atoms with Crippen molar-refractivity contribution in [1.29, 1.82) is 0 Å². The molecule has 0 bridgehead atoms. The van der Waals surface area contributed by atoms with Crippen LogP contribution in [0, 0.1) is 5.82 Å². The molecule has 2 aliphatic rings. The second-order valence-electron chi connectivity index (χ2n) is 7.16. The first kappa shape index (κ1) is 20.0. The Balaban J connectivity index is 1.51. The number of carbonyl (C=O) groups is 4. The molecule has 0 saturated carbocycles. The number of hydrogen-bond donors (Lipinski definition) is 2. The number of fused-ring (bicyclic) bond motifs is 1. The summed E-state index contributed by atoms with van der Waals surface area (Å²) in [6.45, 7) is 0.270. The SMILES string of the molecule is O=C1CCC(N2Cc3c(ccc(C(=O)NCc4ccc(F)cc4)c3Cl)C2=O)C(=O)N1. The van der Waals surface area contributed by atoms with Crippen molar-refractivity contribution in [3.8, 4) is 0 Å². The molecule has 0 radical (unpaired) electrons. The third-order valence-corrected chi connectivity index (χ3v) is 5.69. The van der Waals surface area contributed by atoms with E-state index in [-0.39, 0.29) is 54.1 Å². The van der Waals surface area contributed by atoms with Gasteiger partial charge in [0.15, 0.2) is 0 Å². The van der Waals surface area contributed by atoms with Gasteiger partial charge in [-0.2, -0.15) is 0 Å². The molecule has 2 aliphatic heterocycles. The number of carbonyl (C=O) groups excluding carboxylic acids is 4. The first-order valence-corrected chi connectivity index (χ1v) is 9.71. The van der Waals surface area contributed by atoms with Crippen molar-refractivity contribution in [3.63, 3.8) is 0 Å². The van der Waals surface area contributed by atoms with E-state index in [1.165, 1.54) is 29.2 Å². The first-order valence-electron chi connectivity index (χ1n) is 9.34. The molecule has 0 aromatic heterocycles. The predicted octanol–water partition coefficient (Wildman–Crippen LogP) is 2.17. The zero-order valence-corrected chi connectivity index (χ0v) is 16.5. The van der Waals surface area contributed by atoms with Crippen LogP contribution in [0.5, 0.6) is 0 Å². The molecule has 0 spiro atoms. The van der Waals surface area contributed by atoms with E-state index < -0.39 is 17.9 Å². The van der Waals surface area contributed by atoms with E-state index in [1.807, 2.05) is 0 Å². The molecule has 1 saturated heterocycles. The van der Waals surface area contributed by atoms with Crippen LogP contribution in [-0.2, 0) is 22.7 Å². The Morgan fingerprint density at radius 2 is 1.90 bits per heavy atom. The molecule has 2 aromatic rings. The van der Waals surface area contributed by atoms with Crippen molar-refractivity contribution in [2.75, 3.05) is 0 Å². The summed E-state index contributed by atoms with van der Waals surface area (Å²) in [6.07, 6.45) is 0.397. The van der Waals surface area contributed by atoms with Crippen molar-refractivity contribution in [3.05, 3.63) is 69.5 Å². The maximum absolute atomic E-state index is 13.0. The molecular formula is C21H17ClFN3O4. The number of halogens is 2. The topological polar surface area (TPSA) is 95.6 Å². The minimum absolute atomic E-state index is 0.0817. The van der Waals surface area contributed by atoms with Crippen LogP contribution in [0.2, 0.25) is 5.02 Å². The average molecular weight is 430 g/mol. The van der Waals surface area contributed by atoms with Crippen molar-refractivity contribution in [1.82, 2.24) is 15.5 Å². The molecule has 2 heterocycles. The highest BCUT2D eigenvalue weighted by molar-refractivity contribution is 6.35. The van der Waals surface area contributed by atoms with Crippen molar-refractivity contribution >= 4 is 35.2 Å². The van der Waals surface area contributed by atoms with Gasteiger partial charge in [-0.25, -0.2) is 4.39 Å². The quantitative estimate of drug-likeness (QED) is 0.728. The Labute approximate surface area is 176 Å². The van der Waals surface area contributed by atoms with E-state index in [1.54, 1.807) is 12.1 Å². The summed E-state index contributed by atoms with van der Waals surface area (Å²) in [6, 6.07) is 7.97. The van der Waals surface area contributed by atoms with Gasteiger partial charge in [0.2, 0.25) is 11.8 Å². The predicted molar refractivity (Wildman–Crippen MR) is 105 cm³/mol. The summed E-state index contributed by atoms with van der Waals surface area (Å²) in [7, 11) is 0. The zero-order valence-electron chi connectivity index (χ0n) is 15.7. The van der Waals surface area contributed by atoms with Gasteiger partial charge in [-0.15, -0.1) is 0 Å². The van der Waals surface area contributed by atoms with Gasteiger partial charge in [-0.05, 0) is 36.2 Å². The molecule has 7 nitrogen and oxygen atoms in total. The number of piperidine rings is 1. The van der Waals surface area contributed by atoms with Gasteiger partial charge in [-0.3, -0.25) is 24.5 Å². The standard InChI is InChI=1S/C21H17ClFN3O4/c22-18-14(19(28)24-9-11-1-3-12(23)4-2-11)6-5-13-15(18)10-26(21(13)30)16-7-8-17(27)25-20(16)29/h1-6,16H,7-10H2,(H,24,28)(H,25,27,29). The summed E-state index contributed by atoms with van der Waals surface area (Å²) in [5.74, 6) is -2.03. The van der Waals surface area contributed by atoms with Gasteiger partial charge in [-0.1, -0.05) is 23.7 Å². The number of imide groups is 1. The lowest BCUT2D eigenvalue weighted by molar-refractivity contribution is -0.136. The molecule has 154 valence electrons. The van der Waals surface area contributed by atoms with Crippen molar-refractivity contribution < 1.29 is 23.6 Å². The van der Waals surface area contributed by atoms with Crippen LogP contribution in [0.25, 0.3) is 0 Å². The van der Waals surface area contributed by atoms with Gasteiger partial charge in [0.1, 0.15) is 11.9 Å². The Bertz CT molecular complexity index is 1070. The fourth-order valence-electron chi connectivity index (χ4n) is 3.66. The molecule has 1 atom stereocenters. The van der Waals surface area contributed by atoms with Crippen molar-refractivity contribution in [2.45, 2.75) is 32.0 Å². The highest BCUT2D eigenvalue weighted by Gasteiger charge is 2.40. The minimum atomic E-state index is -0.755. The highest BCUT2D eigenvalue weighted by Crippen LogP contribution is 2.34. The van der Waals surface area contributed by atoms with Gasteiger partial charge in [0.25, 0.3) is 11.8 Å². The van der Waals surface area contributed by atoms with Crippen LogP contribution >= 0.6 is 11.6 Å². The lowest BCUT2D eigenvalue weighted by atomic mass is 10.0. The number of rotatable bonds is 4.